The third-order valence-electron chi connectivity index (χ3n) is 4.05. The summed E-state index contributed by atoms with van der Waals surface area (Å²) in [7, 11) is 0. The van der Waals surface area contributed by atoms with Gasteiger partial charge in [0.2, 0.25) is 0 Å². The maximum absolute atomic E-state index is 12.4. The van der Waals surface area contributed by atoms with E-state index in [-0.39, 0.29) is 17.5 Å². The van der Waals surface area contributed by atoms with Crippen molar-refractivity contribution in [3.05, 3.63) is 95.6 Å². The molecule has 0 heterocycles. The van der Waals surface area contributed by atoms with Crippen LogP contribution in [0.3, 0.4) is 0 Å². The molecule has 0 saturated carbocycles. The summed E-state index contributed by atoms with van der Waals surface area (Å²) in [4.78, 5) is 24.4. The predicted molar refractivity (Wildman–Crippen MR) is 102 cm³/mol. The molecule has 130 valence electrons. The first-order valence-electron chi connectivity index (χ1n) is 8.56. The Hall–Kier alpha value is -3.20. The van der Waals surface area contributed by atoms with Gasteiger partial charge in [-0.2, -0.15) is 0 Å². The van der Waals surface area contributed by atoms with Crippen LogP contribution in [0.5, 0.6) is 11.5 Å². The monoisotopic (exact) mass is 344 g/mol. The molecular weight excluding hydrogens is 324 g/mol. The number of carbonyl (C=O) groups is 2. The van der Waals surface area contributed by atoms with E-state index in [9.17, 15) is 9.59 Å². The van der Waals surface area contributed by atoms with Crippen molar-refractivity contribution in [2.45, 2.75) is 13.8 Å². The second-order valence-electron chi connectivity index (χ2n) is 6.36. The number of ketones is 2. The minimum atomic E-state index is -0.0311. The fourth-order valence-corrected chi connectivity index (χ4v) is 2.59. The molecule has 0 N–H and O–H groups in total. The number of Topliss-reactive ketones (excluding diaryl/α,β-unsaturated/α-hetero) is 1. The number of benzene rings is 3. The summed E-state index contributed by atoms with van der Waals surface area (Å²) in [6.07, 6.45) is 0. The zero-order chi connectivity index (χ0) is 18.5. The minimum Gasteiger partial charge on any atom is -0.457 e. The SMILES string of the molecule is CC(C)C(=O)c1ccc(Oc2ccc(C(=O)c3ccccc3)cc2)cc1. The van der Waals surface area contributed by atoms with Crippen molar-refractivity contribution in [1.82, 2.24) is 0 Å². The Balaban J connectivity index is 1.70. The van der Waals surface area contributed by atoms with Gasteiger partial charge < -0.3 is 4.74 Å². The van der Waals surface area contributed by atoms with Crippen LogP contribution in [0, 0.1) is 5.92 Å². The number of rotatable bonds is 6. The van der Waals surface area contributed by atoms with Gasteiger partial charge in [0.25, 0.3) is 0 Å². The lowest BCUT2D eigenvalue weighted by Gasteiger charge is -2.08. The smallest absolute Gasteiger partial charge is 0.193 e. The maximum Gasteiger partial charge on any atom is 0.193 e. The van der Waals surface area contributed by atoms with E-state index in [1.165, 1.54) is 0 Å². The maximum atomic E-state index is 12.4. The van der Waals surface area contributed by atoms with Crippen LogP contribution in [-0.4, -0.2) is 11.6 Å². The Morgan fingerprint density at radius 2 is 1.12 bits per heavy atom. The molecule has 0 spiro atoms. The summed E-state index contributed by atoms with van der Waals surface area (Å²) in [6, 6.07) is 23.3. The van der Waals surface area contributed by atoms with Gasteiger partial charge in [-0.1, -0.05) is 44.2 Å². The molecule has 3 rings (SSSR count). The van der Waals surface area contributed by atoms with E-state index in [1.807, 2.05) is 32.0 Å². The van der Waals surface area contributed by atoms with Crippen molar-refractivity contribution in [2.75, 3.05) is 0 Å². The molecule has 3 aromatic carbocycles. The lowest BCUT2D eigenvalue weighted by molar-refractivity contribution is 0.0939. The van der Waals surface area contributed by atoms with E-state index < -0.39 is 0 Å². The van der Waals surface area contributed by atoms with Crippen molar-refractivity contribution in [3.63, 3.8) is 0 Å². The van der Waals surface area contributed by atoms with Crippen LogP contribution in [-0.2, 0) is 0 Å². The van der Waals surface area contributed by atoms with E-state index in [0.29, 0.717) is 28.2 Å². The van der Waals surface area contributed by atoms with Crippen LogP contribution in [0.2, 0.25) is 0 Å². The summed E-state index contributed by atoms with van der Waals surface area (Å²) >= 11 is 0. The summed E-state index contributed by atoms with van der Waals surface area (Å²) < 4.78 is 5.79. The third-order valence-corrected chi connectivity index (χ3v) is 4.05. The van der Waals surface area contributed by atoms with Gasteiger partial charge in [-0.3, -0.25) is 9.59 Å². The highest BCUT2D eigenvalue weighted by atomic mass is 16.5. The summed E-state index contributed by atoms with van der Waals surface area (Å²) in [5.41, 5.74) is 1.95. The van der Waals surface area contributed by atoms with Crippen LogP contribution in [0.4, 0.5) is 0 Å². The van der Waals surface area contributed by atoms with Gasteiger partial charge in [0, 0.05) is 22.6 Å². The first kappa shape index (κ1) is 17.6. The largest absolute Gasteiger partial charge is 0.457 e. The lowest BCUT2D eigenvalue weighted by atomic mass is 10.0. The molecular formula is C23H20O3. The summed E-state index contributed by atoms with van der Waals surface area (Å²) in [5, 5.41) is 0. The zero-order valence-electron chi connectivity index (χ0n) is 14.8. The van der Waals surface area contributed by atoms with Crippen molar-refractivity contribution in [2.24, 2.45) is 5.92 Å². The predicted octanol–water partition coefficient (Wildman–Crippen LogP) is 5.55. The van der Waals surface area contributed by atoms with Gasteiger partial charge in [0.15, 0.2) is 11.6 Å². The van der Waals surface area contributed by atoms with E-state index >= 15 is 0 Å². The highest BCUT2D eigenvalue weighted by molar-refractivity contribution is 6.09. The molecule has 0 radical (unpaired) electrons. The Morgan fingerprint density at radius 1 is 0.654 bits per heavy atom. The van der Waals surface area contributed by atoms with Crippen LogP contribution in [0.15, 0.2) is 78.9 Å². The van der Waals surface area contributed by atoms with Crippen molar-refractivity contribution >= 4 is 11.6 Å². The van der Waals surface area contributed by atoms with Crippen LogP contribution < -0.4 is 4.74 Å². The van der Waals surface area contributed by atoms with Gasteiger partial charge in [0.1, 0.15) is 11.5 Å². The van der Waals surface area contributed by atoms with Gasteiger partial charge in [-0.25, -0.2) is 0 Å². The molecule has 0 aromatic heterocycles. The lowest BCUT2D eigenvalue weighted by Crippen LogP contribution is -2.06. The van der Waals surface area contributed by atoms with Crippen molar-refractivity contribution < 1.29 is 14.3 Å². The number of carbonyl (C=O) groups excluding carboxylic acids is 2. The van der Waals surface area contributed by atoms with Crippen LogP contribution >= 0.6 is 0 Å². The van der Waals surface area contributed by atoms with E-state index in [4.69, 9.17) is 4.74 Å². The molecule has 26 heavy (non-hydrogen) atoms. The molecule has 0 aliphatic heterocycles. The number of ether oxygens (including phenoxy) is 1. The molecule has 0 aliphatic carbocycles. The van der Waals surface area contributed by atoms with Crippen LogP contribution in [0.25, 0.3) is 0 Å². The molecule has 0 bridgehead atoms. The minimum absolute atomic E-state index is 0.0197. The normalized spacial score (nSPS) is 10.6. The topological polar surface area (TPSA) is 43.4 Å². The Kier molecular flexibility index (Phi) is 5.28. The molecule has 3 heteroatoms. The number of hydrogen-bond acceptors (Lipinski definition) is 3. The summed E-state index contributed by atoms with van der Waals surface area (Å²) in [5.74, 6) is 1.34. The van der Waals surface area contributed by atoms with Crippen molar-refractivity contribution in [1.29, 1.82) is 0 Å². The van der Waals surface area contributed by atoms with Gasteiger partial charge in [-0.05, 0) is 48.5 Å². The fraction of sp³-hybridized carbons (Fsp3) is 0.130. The van der Waals surface area contributed by atoms with E-state index in [0.717, 1.165) is 0 Å². The highest BCUT2D eigenvalue weighted by Crippen LogP contribution is 2.23. The van der Waals surface area contributed by atoms with E-state index in [1.54, 1.807) is 60.7 Å². The second kappa shape index (κ2) is 7.79. The average molecular weight is 344 g/mol. The average Bonchev–Trinajstić information content (AvgIpc) is 2.68. The first-order valence-corrected chi connectivity index (χ1v) is 8.56. The van der Waals surface area contributed by atoms with Crippen LogP contribution in [0.1, 0.15) is 40.1 Å². The Morgan fingerprint density at radius 3 is 1.62 bits per heavy atom. The van der Waals surface area contributed by atoms with Gasteiger partial charge in [0.05, 0.1) is 0 Å². The van der Waals surface area contributed by atoms with Crippen molar-refractivity contribution in [3.8, 4) is 11.5 Å². The molecule has 3 nitrogen and oxygen atoms in total. The quantitative estimate of drug-likeness (QED) is 0.551. The molecule has 0 amide bonds. The first-order chi connectivity index (χ1) is 12.5. The molecule has 0 saturated heterocycles. The molecule has 0 aliphatic rings. The fourth-order valence-electron chi connectivity index (χ4n) is 2.59. The number of hydrogen-bond donors (Lipinski definition) is 0. The molecule has 0 unspecified atom stereocenters. The Labute approximate surface area is 153 Å². The molecule has 0 fully saturated rings. The van der Waals surface area contributed by atoms with Gasteiger partial charge >= 0.3 is 0 Å². The third kappa shape index (κ3) is 4.06. The second-order valence-corrected chi connectivity index (χ2v) is 6.36. The zero-order valence-corrected chi connectivity index (χ0v) is 14.8. The standard InChI is InChI=1S/C23H20O3/c1-16(2)22(24)18-8-12-20(13-9-18)26-21-14-10-19(11-15-21)23(25)17-6-4-3-5-7-17/h3-16H,1-2H3. The Bertz CT molecular complexity index is 892. The molecule has 0 atom stereocenters. The van der Waals surface area contributed by atoms with E-state index in [2.05, 4.69) is 0 Å². The van der Waals surface area contributed by atoms with Gasteiger partial charge in [-0.15, -0.1) is 0 Å². The highest BCUT2D eigenvalue weighted by Gasteiger charge is 2.11. The molecule has 3 aromatic rings. The summed E-state index contributed by atoms with van der Waals surface area (Å²) in [6.45, 7) is 3.76.